The largest absolute Gasteiger partial charge is 0.416 e. The highest BCUT2D eigenvalue weighted by atomic mass is 32.1. The predicted molar refractivity (Wildman–Crippen MR) is 93.0 cm³/mol. The Labute approximate surface area is 154 Å². The van der Waals surface area contributed by atoms with Crippen LogP contribution in [-0.2, 0) is 12.6 Å². The normalized spacial score (nSPS) is 18.2. The Bertz CT molecular complexity index is 775. The van der Waals surface area contributed by atoms with E-state index < -0.39 is 11.7 Å². The lowest BCUT2D eigenvalue weighted by molar-refractivity contribution is -0.138. The van der Waals surface area contributed by atoms with Gasteiger partial charge in [0.05, 0.1) is 11.3 Å². The van der Waals surface area contributed by atoms with Crippen LogP contribution in [0.2, 0.25) is 0 Å². The highest BCUT2D eigenvalue weighted by Gasteiger charge is 2.33. The number of carbonyl (C=O) groups excluding carboxylic acids is 1. The third-order valence-electron chi connectivity index (χ3n) is 4.80. The van der Waals surface area contributed by atoms with Gasteiger partial charge >= 0.3 is 6.18 Å². The lowest BCUT2D eigenvalue weighted by atomic mass is 9.90. The number of hydrogen-bond donors (Lipinski definition) is 0. The number of nitrogens with zero attached hydrogens (tertiary/aromatic N) is 3. The van der Waals surface area contributed by atoms with Crippen molar-refractivity contribution in [3.8, 4) is 0 Å². The second kappa shape index (κ2) is 7.73. The smallest absolute Gasteiger partial charge is 0.338 e. The zero-order chi connectivity index (χ0) is 18.7. The Morgan fingerprint density at radius 1 is 1.35 bits per heavy atom. The quantitative estimate of drug-likeness (QED) is 0.789. The number of alkyl halides is 3. The van der Waals surface area contributed by atoms with E-state index in [-0.39, 0.29) is 11.8 Å². The van der Waals surface area contributed by atoms with Gasteiger partial charge in [0.15, 0.2) is 0 Å². The SMILES string of the molecule is Cc1nnsc1C(=O)N1CCCC(CCc2ccccc2C(F)(F)F)C1. The Balaban J connectivity index is 1.63. The molecule has 1 aromatic heterocycles. The highest BCUT2D eigenvalue weighted by molar-refractivity contribution is 7.07. The van der Waals surface area contributed by atoms with Crippen molar-refractivity contribution in [1.82, 2.24) is 14.5 Å². The Kier molecular flexibility index (Phi) is 5.60. The zero-order valence-electron chi connectivity index (χ0n) is 14.4. The van der Waals surface area contributed by atoms with Crippen LogP contribution >= 0.6 is 11.5 Å². The number of rotatable bonds is 4. The van der Waals surface area contributed by atoms with Gasteiger partial charge in [0.1, 0.15) is 4.88 Å². The minimum Gasteiger partial charge on any atom is -0.338 e. The first kappa shape index (κ1) is 18.8. The van der Waals surface area contributed by atoms with Crippen LogP contribution in [0.3, 0.4) is 0 Å². The minimum absolute atomic E-state index is 0.0714. The molecule has 0 saturated carbocycles. The molecule has 1 atom stereocenters. The summed E-state index contributed by atoms with van der Waals surface area (Å²) in [5, 5.41) is 3.87. The summed E-state index contributed by atoms with van der Waals surface area (Å²) in [6.07, 6.45) is -1.54. The van der Waals surface area contributed by atoms with Gasteiger partial charge < -0.3 is 4.90 Å². The molecule has 8 heteroatoms. The first-order valence-electron chi connectivity index (χ1n) is 8.59. The van der Waals surface area contributed by atoms with Crippen LogP contribution in [0.5, 0.6) is 0 Å². The molecule has 3 rings (SSSR count). The van der Waals surface area contributed by atoms with Crippen molar-refractivity contribution in [1.29, 1.82) is 0 Å². The van der Waals surface area contributed by atoms with Crippen LogP contribution in [0.4, 0.5) is 13.2 Å². The summed E-state index contributed by atoms with van der Waals surface area (Å²) in [4.78, 5) is 14.9. The maximum atomic E-state index is 13.1. The molecule has 140 valence electrons. The fraction of sp³-hybridized carbons (Fsp3) is 0.500. The average Bonchev–Trinajstić information content (AvgIpc) is 3.05. The third-order valence-corrected chi connectivity index (χ3v) is 5.61. The average molecular weight is 383 g/mol. The number of likely N-dealkylation sites (tertiary alicyclic amines) is 1. The lowest BCUT2D eigenvalue weighted by Gasteiger charge is -2.32. The van der Waals surface area contributed by atoms with Crippen molar-refractivity contribution < 1.29 is 18.0 Å². The predicted octanol–water partition coefficient (Wildman–Crippen LogP) is 4.35. The number of benzene rings is 1. The number of carbonyl (C=O) groups is 1. The van der Waals surface area contributed by atoms with Gasteiger partial charge in [0.25, 0.3) is 5.91 Å². The Morgan fingerprint density at radius 3 is 2.81 bits per heavy atom. The number of aromatic nitrogens is 2. The molecule has 2 aromatic rings. The standard InChI is InChI=1S/C18H20F3N3OS/c1-12-16(26-23-22-12)17(25)24-10-4-5-13(11-24)8-9-14-6-2-3-7-15(14)18(19,20)21/h2-3,6-7,13H,4-5,8-11H2,1H3. The van der Waals surface area contributed by atoms with Crippen LogP contribution in [-0.4, -0.2) is 33.5 Å². The molecule has 4 nitrogen and oxygen atoms in total. The second-order valence-electron chi connectivity index (χ2n) is 6.64. The molecular formula is C18H20F3N3OS. The zero-order valence-corrected chi connectivity index (χ0v) is 15.2. The summed E-state index contributed by atoms with van der Waals surface area (Å²) >= 11 is 1.09. The molecule has 2 heterocycles. The summed E-state index contributed by atoms with van der Waals surface area (Å²) in [6, 6.07) is 5.73. The van der Waals surface area contributed by atoms with E-state index in [1.54, 1.807) is 24.0 Å². The van der Waals surface area contributed by atoms with E-state index in [0.29, 0.717) is 42.1 Å². The maximum absolute atomic E-state index is 13.1. The Hall–Kier alpha value is -1.96. The van der Waals surface area contributed by atoms with E-state index in [0.717, 1.165) is 30.4 Å². The van der Waals surface area contributed by atoms with Crippen molar-refractivity contribution in [2.45, 2.75) is 38.8 Å². The molecule has 1 saturated heterocycles. The van der Waals surface area contributed by atoms with Crippen LogP contribution in [0.25, 0.3) is 0 Å². The van der Waals surface area contributed by atoms with E-state index in [2.05, 4.69) is 9.59 Å². The van der Waals surface area contributed by atoms with Crippen LogP contribution in [0, 0.1) is 12.8 Å². The fourth-order valence-corrected chi connectivity index (χ4v) is 4.06. The van der Waals surface area contributed by atoms with Crippen molar-refractivity contribution in [3.05, 3.63) is 46.0 Å². The molecule has 1 aliphatic heterocycles. The van der Waals surface area contributed by atoms with Crippen LogP contribution < -0.4 is 0 Å². The molecule has 0 spiro atoms. The Morgan fingerprint density at radius 2 is 2.12 bits per heavy atom. The number of aryl methyl sites for hydroxylation is 2. The summed E-state index contributed by atoms with van der Waals surface area (Å²) in [7, 11) is 0. The molecule has 1 aromatic carbocycles. The lowest BCUT2D eigenvalue weighted by Crippen LogP contribution is -2.40. The van der Waals surface area contributed by atoms with Crippen molar-refractivity contribution >= 4 is 17.4 Å². The van der Waals surface area contributed by atoms with E-state index in [1.165, 1.54) is 6.07 Å². The molecule has 1 aliphatic rings. The van der Waals surface area contributed by atoms with Gasteiger partial charge in [-0.2, -0.15) is 13.2 Å². The van der Waals surface area contributed by atoms with Gasteiger partial charge in [-0.1, -0.05) is 22.7 Å². The van der Waals surface area contributed by atoms with Gasteiger partial charge in [0, 0.05) is 13.1 Å². The summed E-state index contributed by atoms with van der Waals surface area (Å²) in [5.74, 6) is 0.132. The second-order valence-corrected chi connectivity index (χ2v) is 7.39. The first-order chi connectivity index (χ1) is 12.4. The molecule has 1 unspecified atom stereocenters. The molecule has 0 radical (unpaired) electrons. The summed E-state index contributed by atoms with van der Waals surface area (Å²) < 4.78 is 43.1. The van der Waals surface area contributed by atoms with Gasteiger partial charge in [-0.05, 0) is 61.7 Å². The van der Waals surface area contributed by atoms with Crippen molar-refractivity contribution in [3.63, 3.8) is 0 Å². The molecular weight excluding hydrogens is 363 g/mol. The van der Waals surface area contributed by atoms with E-state index in [9.17, 15) is 18.0 Å². The van der Waals surface area contributed by atoms with Gasteiger partial charge in [-0.3, -0.25) is 4.79 Å². The summed E-state index contributed by atoms with van der Waals surface area (Å²) in [6.45, 7) is 3.00. The van der Waals surface area contributed by atoms with E-state index in [4.69, 9.17) is 0 Å². The molecule has 1 amide bonds. The molecule has 26 heavy (non-hydrogen) atoms. The van der Waals surface area contributed by atoms with Crippen molar-refractivity contribution in [2.75, 3.05) is 13.1 Å². The molecule has 0 N–H and O–H groups in total. The highest BCUT2D eigenvalue weighted by Crippen LogP contribution is 2.33. The van der Waals surface area contributed by atoms with Crippen LogP contribution in [0.15, 0.2) is 24.3 Å². The molecule has 1 fully saturated rings. The van der Waals surface area contributed by atoms with Crippen LogP contribution in [0.1, 0.15) is 45.8 Å². The number of amides is 1. The van der Waals surface area contributed by atoms with Gasteiger partial charge in [-0.25, -0.2) is 0 Å². The molecule has 0 bridgehead atoms. The summed E-state index contributed by atoms with van der Waals surface area (Å²) in [5.41, 5.74) is 0.391. The topological polar surface area (TPSA) is 46.1 Å². The van der Waals surface area contributed by atoms with Gasteiger partial charge in [-0.15, -0.1) is 5.10 Å². The number of piperidine rings is 1. The first-order valence-corrected chi connectivity index (χ1v) is 9.37. The molecule has 0 aliphatic carbocycles. The number of halogens is 3. The number of hydrogen-bond acceptors (Lipinski definition) is 4. The van der Waals surface area contributed by atoms with Gasteiger partial charge in [0.2, 0.25) is 0 Å². The minimum atomic E-state index is -4.33. The van der Waals surface area contributed by atoms with Crippen molar-refractivity contribution in [2.24, 2.45) is 5.92 Å². The van der Waals surface area contributed by atoms with E-state index in [1.807, 2.05) is 0 Å². The van der Waals surface area contributed by atoms with E-state index >= 15 is 0 Å². The monoisotopic (exact) mass is 383 g/mol. The fourth-order valence-electron chi connectivity index (χ4n) is 3.43. The third kappa shape index (κ3) is 4.23. The maximum Gasteiger partial charge on any atom is 0.416 e.